The summed E-state index contributed by atoms with van der Waals surface area (Å²) >= 11 is 0. The van der Waals surface area contributed by atoms with E-state index >= 15 is 0 Å². The van der Waals surface area contributed by atoms with Crippen molar-refractivity contribution in [1.82, 2.24) is 20.0 Å². The maximum Gasteiger partial charge on any atom is 0.255 e. The summed E-state index contributed by atoms with van der Waals surface area (Å²) in [4.78, 5) is 43.9. The first kappa shape index (κ1) is 38.2. The van der Waals surface area contributed by atoms with E-state index in [0.717, 1.165) is 69.7 Å². The molecule has 0 saturated carbocycles. The molecule has 0 radical (unpaired) electrons. The molecule has 3 amide bonds. The molecule has 2 N–H and O–H groups in total. The fourth-order valence-electron chi connectivity index (χ4n) is 8.53. The zero-order chi connectivity index (χ0) is 38.1. The number of benzene rings is 4. The summed E-state index contributed by atoms with van der Waals surface area (Å²) in [5.74, 6) is -0.465. The zero-order valence-corrected chi connectivity index (χ0v) is 32.1. The SMILES string of the molecule is CC/C(=C(\c1ccc(O)cc1)c1ccc(CCCCCN2CCCN(CCc3ccc4c(c3)CN(C3CCC(=O)NC3=O)C4=O)CC2)cc1)c1ccccc1. The van der Waals surface area contributed by atoms with Crippen LogP contribution in [-0.4, -0.2) is 82.8 Å². The summed E-state index contributed by atoms with van der Waals surface area (Å²) in [5, 5.41) is 12.3. The van der Waals surface area contributed by atoms with Gasteiger partial charge >= 0.3 is 0 Å². The molecule has 2 fully saturated rings. The number of aryl methyl sites for hydroxylation is 1. The van der Waals surface area contributed by atoms with Gasteiger partial charge in [-0.1, -0.05) is 92.2 Å². The number of allylic oxidation sites excluding steroid dienone is 1. The first-order chi connectivity index (χ1) is 26.9. The second-order valence-corrected chi connectivity index (χ2v) is 15.3. The van der Waals surface area contributed by atoms with Crippen LogP contribution in [0.2, 0.25) is 0 Å². The number of carbonyl (C=O) groups is 3. The van der Waals surface area contributed by atoms with Gasteiger partial charge in [0.25, 0.3) is 5.91 Å². The van der Waals surface area contributed by atoms with E-state index in [0.29, 0.717) is 18.5 Å². The van der Waals surface area contributed by atoms with Crippen LogP contribution in [0.1, 0.15) is 95.6 Å². The Bertz CT molecular complexity index is 1990. The highest BCUT2D eigenvalue weighted by atomic mass is 16.3. The molecular formula is C47H54N4O4. The lowest BCUT2D eigenvalue weighted by molar-refractivity contribution is -0.136. The second kappa shape index (κ2) is 18.1. The van der Waals surface area contributed by atoms with Crippen molar-refractivity contribution in [3.05, 3.63) is 136 Å². The lowest BCUT2D eigenvalue weighted by Crippen LogP contribution is -2.52. The molecule has 0 bridgehead atoms. The van der Waals surface area contributed by atoms with E-state index in [-0.39, 0.29) is 29.9 Å². The monoisotopic (exact) mass is 738 g/mol. The van der Waals surface area contributed by atoms with Crippen LogP contribution in [0, 0.1) is 0 Å². The van der Waals surface area contributed by atoms with Gasteiger partial charge in [0.2, 0.25) is 11.8 Å². The van der Waals surface area contributed by atoms with Crippen molar-refractivity contribution < 1.29 is 19.5 Å². The third-order valence-electron chi connectivity index (χ3n) is 11.6. The number of nitrogens with one attached hydrogen (secondary N) is 1. The van der Waals surface area contributed by atoms with E-state index in [1.807, 2.05) is 18.2 Å². The number of fused-ring (bicyclic) bond motifs is 1. The van der Waals surface area contributed by atoms with Crippen molar-refractivity contribution in [1.29, 1.82) is 0 Å². The molecule has 3 aliphatic heterocycles. The molecule has 3 heterocycles. The minimum Gasteiger partial charge on any atom is -0.508 e. The van der Waals surface area contributed by atoms with Gasteiger partial charge in [0.1, 0.15) is 11.8 Å². The number of phenolic OH excluding ortho intramolecular Hbond substituents is 1. The Kier molecular flexibility index (Phi) is 12.6. The number of amides is 3. The summed E-state index contributed by atoms with van der Waals surface area (Å²) < 4.78 is 0. The van der Waals surface area contributed by atoms with Gasteiger partial charge in [0.05, 0.1) is 0 Å². The fourth-order valence-corrected chi connectivity index (χ4v) is 8.53. The van der Waals surface area contributed by atoms with Gasteiger partial charge in [-0.25, -0.2) is 0 Å². The molecule has 4 aromatic carbocycles. The van der Waals surface area contributed by atoms with Crippen LogP contribution in [0.4, 0.5) is 0 Å². The van der Waals surface area contributed by atoms with Gasteiger partial charge in [-0.05, 0) is 127 Å². The van der Waals surface area contributed by atoms with Crippen LogP contribution in [0.25, 0.3) is 11.1 Å². The van der Waals surface area contributed by atoms with Gasteiger partial charge < -0.3 is 19.8 Å². The topological polar surface area (TPSA) is 93.2 Å². The molecule has 3 aliphatic rings. The zero-order valence-electron chi connectivity index (χ0n) is 32.1. The Morgan fingerprint density at radius 2 is 1.42 bits per heavy atom. The summed E-state index contributed by atoms with van der Waals surface area (Å²) in [6.07, 6.45) is 8.37. The lowest BCUT2D eigenvalue weighted by Gasteiger charge is -2.29. The predicted octanol–water partition coefficient (Wildman–Crippen LogP) is 7.49. The normalized spacial score (nSPS) is 18.5. The van der Waals surface area contributed by atoms with Crippen molar-refractivity contribution in [2.75, 3.05) is 39.3 Å². The predicted molar refractivity (Wildman–Crippen MR) is 218 cm³/mol. The molecule has 1 atom stereocenters. The molecule has 0 aromatic heterocycles. The number of hydrogen-bond acceptors (Lipinski definition) is 6. The summed E-state index contributed by atoms with van der Waals surface area (Å²) in [7, 11) is 0. The number of carbonyl (C=O) groups excluding carboxylic acids is 3. The molecule has 55 heavy (non-hydrogen) atoms. The van der Waals surface area contributed by atoms with E-state index in [1.54, 1.807) is 17.0 Å². The maximum atomic E-state index is 13.1. The summed E-state index contributed by atoms with van der Waals surface area (Å²) in [5.41, 5.74) is 10.3. The van der Waals surface area contributed by atoms with E-state index < -0.39 is 6.04 Å². The molecule has 7 rings (SSSR count). The highest BCUT2D eigenvalue weighted by Crippen LogP contribution is 2.35. The van der Waals surface area contributed by atoms with Crippen molar-refractivity contribution in [2.45, 2.75) is 77.3 Å². The Labute approximate surface area is 325 Å². The van der Waals surface area contributed by atoms with Crippen molar-refractivity contribution in [2.24, 2.45) is 0 Å². The van der Waals surface area contributed by atoms with E-state index in [2.05, 4.69) is 88.8 Å². The largest absolute Gasteiger partial charge is 0.508 e. The average Bonchev–Trinajstić information content (AvgIpc) is 3.35. The number of imide groups is 1. The highest BCUT2D eigenvalue weighted by molar-refractivity contribution is 6.05. The van der Waals surface area contributed by atoms with Crippen LogP contribution in [-0.2, 0) is 29.0 Å². The summed E-state index contributed by atoms with van der Waals surface area (Å²) in [6.45, 7) is 9.20. The van der Waals surface area contributed by atoms with Crippen LogP contribution in [0.5, 0.6) is 5.75 Å². The molecule has 8 nitrogen and oxygen atoms in total. The summed E-state index contributed by atoms with van der Waals surface area (Å²) in [6, 6.07) is 32.8. The van der Waals surface area contributed by atoms with E-state index in [1.165, 1.54) is 59.1 Å². The molecule has 1 unspecified atom stereocenters. The highest BCUT2D eigenvalue weighted by Gasteiger charge is 2.39. The van der Waals surface area contributed by atoms with Crippen LogP contribution in [0.15, 0.2) is 97.1 Å². The number of hydrogen-bond donors (Lipinski definition) is 2. The Morgan fingerprint density at radius 1 is 0.727 bits per heavy atom. The van der Waals surface area contributed by atoms with Gasteiger partial charge in [-0.2, -0.15) is 0 Å². The number of unbranched alkanes of at least 4 members (excludes halogenated alkanes) is 2. The molecule has 0 aliphatic carbocycles. The van der Waals surface area contributed by atoms with E-state index in [4.69, 9.17) is 0 Å². The standard InChI is InChI=1S/C47H54N4O4/c1-2-41(36-11-6-3-7-12-36)45(38-18-20-40(52)21-19-38)37-16-13-34(14-17-37)10-5-4-8-26-49-27-9-28-50(31-30-49)29-25-35-15-22-42-39(32-35)33-51(47(42)55)43-23-24-44(53)48-46(43)54/h3,6-7,11-22,32,43,52H,2,4-5,8-10,23-31,33H2,1H3,(H,48,53,54)/b45-41+. The first-order valence-electron chi connectivity index (χ1n) is 20.2. The molecule has 0 spiro atoms. The van der Waals surface area contributed by atoms with Gasteiger partial charge in [-0.15, -0.1) is 0 Å². The van der Waals surface area contributed by atoms with Crippen molar-refractivity contribution in [3.63, 3.8) is 0 Å². The third kappa shape index (κ3) is 9.43. The van der Waals surface area contributed by atoms with E-state index in [9.17, 15) is 19.5 Å². The van der Waals surface area contributed by atoms with Crippen LogP contribution in [0.3, 0.4) is 0 Å². The average molecular weight is 739 g/mol. The van der Waals surface area contributed by atoms with Crippen molar-refractivity contribution in [3.8, 4) is 5.75 Å². The number of piperidine rings is 1. The Balaban J connectivity index is 0.847. The van der Waals surface area contributed by atoms with Crippen molar-refractivity contribution >= 4 is 28.9 Å². The molecule has 8 heteroatoms. The molecule has 2 saturated heterocycles. The third-order valence-corrected chi connectivity index (χ3v) is 11.6. The fraction of sp³-hybridized carbons (Fsp3) is 0.383. The Morgan fingerprint density at radius 3 is 2.13 bits per heavy atom. The second-order valence-electron chi connectivity index (χ2n) is 15.3. The van der Waals surface area contributed by atoms with Crippen LogP contribution >= 0.6 is 0 Å². The van der Waals surface area contributed by atoms with Crippen LogP contribution < -0.4 is 5.32 Å². The molecule has 4 aromatic rings. The van der Waals surface area contributed by atoms with Gasteiger partial charge in [0.15, 0.2) is 0 Å². The number of phenols is 1. The Hall–Kier alpha value is -5.05. The van der Waals surface area contributed by atoms with Gasteiger partial charge in [0, 0.05) is 38.2 Å². The minimum absolute atomic E-state index is 0.114. The van der Waals surface area contributed by atoms with Gasteiger partial charge in [-0.3, -0.25) is 19.7 Å². The number of aromatic hydroxyl groups is 1. The quantitative estimate of drug-likeness (QED) is 0.0792. The first-order valence-corrected chi connectivity index (χ1v) is 20.2. The molecule has 286 valence electrons. The minimum atomic E-state index is -0.575. The smallest absolute Gasteiger partial charge is 0.255 e. The number of rotatable bonds is 14. The molecular weight excluding hydrogens is 685 g/mol. The lowest BCUT2D eigenvalue weighted by atomic mass is 9.87. The number of nitrogens with zero attached hydrogens (tertiary/aromatic N) is 3. The maximum absolute atomic E-state index is 13.1.